The number of nitro groups is 1. The fourth-order valence-electron chi connectivity index (χ4n) is 2.84. The zero-order valence-electron chi connectivity index (χ0n) is 18.8. The summed E-state index contributed by atoms with van der Waals surface area (Å²) < 4.78 is 23.7. The van der Waals surface area contributed by atoms with Crippen LogP contribution in [0.1, 0.15) is 26.3 Å². The van der Waals surface area contributed by atoms with Gasteiger partial charge in [0.1, 0.15) is 5.82 Å². The van der Waals surface area contributed by atoms with Gasteiger partial charge >= 0.3 is 5.97 Å². The van der Waals surface area contributed by atoms with E-state index < -0.39 is 28.5 Å². The van der Waals surface area contributed by atoms with Crippen molar-refractivity contribution in [3.05, 3.63) is 99.4 Å². The van der Waals surface area contributed by atoms with Crippen LogP contribution in [0.2, 0.25) is 0 Å². The maximum Gasteiger partial charge on any atom is 0.343 e. The van der Waals surface area contributed by atoms with Crippen molar-refractivity contribution in [3.63, 3.8) is 0 Å². The number of amides is 2. The van der Waals surface area contributed by atoms with Crippen molar-refractivity contribution in [3.8, 4) is 11.5 Å². The molecular formula is C24H19FN4O7. The second-order valence-electron chi connectivity index (χ2n) is 7.09. The van der Waals surface area contributed by atoms with E-state index in [4.69, 9.17) is 9.47 Å². The van der Waals surface area contributed by atoms with Crippen LogP contribution >= 0.6 is 0 Å². The molecule has 0 bridgehead atoms. The molecule has 0 aliphatic heterocycles. The molecule has 0 aliphatic rings. The lowest BCUT2D eigenvalue weighted by Crippen LogP contribution is -2.34. The second kappa shape index (κ2) is 11.8. The topological polar surface area (TPSA) is 149 Å². The van der Waals surface area contributed by atoms with Crippen LogP contribution in [0.25, 0.3) is 0 Å². The highest BCUT2D eigenvalue weighted by molar-refractivity contribution is 5.96. The molecule has 0 saturated heterocycles. The molecule has 0 unspecified atom stereocenters. The number of carbonyl (C=O) groups is 3. The Morgan fingerprint density at radius 2 is 1.78 bits per heavy atom. The van der Waals surface area contributed by atoms with E-state index in [-0.39, 0.29) is 34.9 Å². The van der Waals surface area contributed by atoms with Crippen molar-refractivity contribution in [2.75, 3.05) is 13.7 Å². The summed E-state index contributed by atoms with van der Waals surface area (Å²) in [7, 11) is 1.36. The number of benzene rings is 3. The van der Waals surface area contributed by atoms with E-state index in [2.05, 4.69) is 15.8 Å². The van der Waals surface area contributed by atoms with Crippen LogP contribution in [-0.4, -0.2) is 42.6 Å². The molecule has 2 amide bonds. The van der Waals surface area contributed by atoms with E-state index in [1.165, 1.54) is 67.9 Å². The van der Waals surface area contributed by atoms with Crippen molar-refractivity contribution in [2.24, 2.45) is 5.10 Å². The smallest absolute Gasteiger partial charge is 0.343 e. The Kier molecular flexibility index (Phi) is 8.38. The Morgan fingerprint density at radius 3 is 2.44 bits per heavy atom. The second-order valence-corrected chi connectivity index (χ2v) is 7.09. The molecule has 3 rings (SSSR count). The van der Waals surface area contributed by atoms with Crippen LogP contribution in [0.4, 0.5) is 10.1 Å². The van der Waals surface area contributed by atoms with Crippen LogP contribution in [0, 0.1) is 15.9 Å². The highest BCUT2D eigenvalue weighted by atomic mass is 19.1. The summed E-state index contributed by atoms with van der Waals surface area (Å²) in [5.74, 6) is -2.24. The van der Waals surface area contributed by atoms with Gasteiger partial charge in [0.05, 0.1) is 30.4 Å². The van der Waals surface area contributed by atoms with E-state index in [1.54, 1.807) is 6.07 Å². The summed E-state index contributed by atoms with van der Waals surface area (Å²) in [6, 6.07) is 14.5. The van der Waals surface area contributed by atoms with Gasteiger partial charge in [0, 0.05) is 17.7 Å². The van der Waals surface area contributed by atoms with Crippen molar-refractivity contribution in [1.82, 2.24) is 10.7 Å². The van der Waals surface area contributed by atoms with Crippen LogP contribution in [0.3, 0.4) is 0 Å². The van der Waals surface area contributed by atoms with Crippen LogP contribution in [0.15, 0.2) is 71.8 Å². The van der Waals surface area contributed by atoms with Gasteiger partial charge < -0.3 is 14.8 Å². The molecule has 184 valence electrons. The third-order valence-electron chi connectivity index (χ3n) is 4.60. The van der Waals surface area contributed by atoms with Gasteiger partial charge in [-0.2, -0.15) is 5.10 Å². The normalized spacial score (nSPS) is 10.5. The lowest BCUT2D eigenvalue weighted by atomic mass is 10.2. The number of non-ortho nitro benzene ring substituents is 1. The molecule has 0 fully saturated rings. The molecule has 0 spiro atoms. The van der Waals surface area contributed by atoms with Crippen LogP contribution in [0.5, 0.6) is 11.5 Å². The molecule has 3 aromatic rings. The summed E-state index contributed by atoms with van der Waals surface area (Å²) in [4.78, 5) is 46.3. The minimum Gasteiger partial charge on any atom is -0.493 e. The largest absolute Gasteiger partial charge is 0.493 e. The van der Waals surface area contributed by atoms with E-state index in [0.717, 1.165) is 6.07 Å². The molecule has 36 heavy (non-hydrogen) atoms. The SMILES string of the molecule is COc1cc(/C=N/NC(=O)CNC(=O)c2cccc(F)c2)ccc1OC(=O)c1ccc([N+](=O)[O-])cc1. The highest BCUT2D eigenvalue weighted by Gasteiger charge is 2.15. The Labute approximate surface area is 203 Å². The number of nitro benzene ring substituents is 1. The minimum atomic E-state index is -0.739. The molecule has 3 aromatic carbocycles. The average Bonchev–Trinajstić information content (AvgIpc) is 2.88. The number of halogens is 1. The van der Waals surface area contributed by atoms with Gasteiger partial charge in [-0.1, -0.05) is 6.07 Å². The molecule has 0 aliphatic carbocycles. The number of hydrogen-bond donors (Lipinski definition) is 2. The molecule has 0 saturated carbocycles. The first kappa shape index (κ1) is 25.5. The standard InChI is InChI=1S/C24H19FN4O7/c1-35-21-11-15(5-10-20(21)36-24(32)16-6-8-19(9-7-16)29(33)34)13-27-28-22(30)14-26-23(31)17-3-2-4-18(25)12-17/h2-13H,14H2,1H3,(H,26,31)(H,28,30)/b27-13+. The summed E-state index contributed by atoms with van der Waals surface area (Å²) in [6.07, 6.45) is 1.30. The number of carbonyl (C=O) groups excluding carboxylic acids is 3. The fourth-order valence-corrected chi connectivity index (χ4v) is 2.84. The molecular weight excluding hydrogens is 475 g/mol. The number of nitrogens with one attached hydrogen (secondary N) is 2. The lowest BCUT2D eigenvalue weighted by molar-refractivity contribution is -0.384. The quantitative estimate of drug-likeness (QED) is 0.153. The summed E-state index contributed by atoms with van der Waals surface area (Å²) in [6.45, 7) is -0.381. The van der Waals surface area contributed by atoms with Crippen molar-refractivity contribution in [1.29, 1.82) is 0 Å². The first-order valence-corrected chi connectivity index (χ1v) is 10.3. The molecule has 0 heterocycles. The van der Waals surface area contributed by atoms with Crippen LogP contribution in [-0.2, 0) is 4.79 Å². The van der Waals surface area contributed by atoms with Gasteiger partial charge in [-0.25, -0.2) is 14.6 Å². The number of rotatable bonds is 9. The Bertz CT molecular complexity index is 1330. The van der Waals surface area contributed by atoms with Crippen molar-refractivity contribution < 1.29 is 33.2 Å². The Morgan fingerprint density at radius 1 is 1.03 bits per heavy atom. The van der Waals surface area contributed by atoms with E-state index in [0.29, 0.717) is 5.56 Å². The lowest BCUT2D eigenvalue weighted by Gasteiger charge is -2.10. The first-order valence-electron chi connectivity index (χ1n) is 10.3. The molecule has 11 nitrogen and oxygen atoms in total. The summed E-state index contributed by atoms with van der Waals surface area (Å²) >= 11 is 0. The van der Waals surface area contributed by atoms with Gasteiger partial charge in [0.25, 0.3) is 17.5 Å². The minimum absolute atomic E-state index is 0.0766. The molecule has 2 N–H and O–H groups in total. The molecule has 0 atom stereocenters. The molecule has 0 radical (unpaired) electrons. The number of methoxy groups -OCH3 is 1. The zero-order valence-corrected chi connectivity index (χ0v) is 18.8. The van der Waals surface area contributed by atoms with Gasteiger partial charge in [0.15, 0.2) is 11.5 Å². The van der Waals surface area contributed by atoms with Crippen molar-refractivity contribution in [2.45, 2.75) is 0 Å². The predicted molar refractivity (Wildman–Crippen MR) is 126 cm³/mol. The van der Waals surface area contributed by atoms with Crippen molar-refractivity contribution >= 4 is 29.7 Å². The van der Waals surface area contributed by atoms with Crippen LogP contribution < -0.4 is 20.2 Å². The van der Waals surface area contributed by atoms with Gasteiger partial charge in [0.2, 0.25) is 0 Å². The number of ether oxygens (including phenoxy) is 2. The average molecular weight is 494 g/mol. The zero-order chi connectivity index (χ0) is 26.1. The molecule has 12 heteroatoms. The van der Waals surface area contributed by atoms with Gasteiger partial charge in [-0.05, 0) is 54.1 Å². The summed E-state index contributed by atoms with van der Waals surface area (Å²) in [5.41, 5.74) is 2.76. The molecule has 0 aromatic heterocycles. The monoisotopic (exact) mass is 494 g/mol. The van der Waals surface area contributed by atoms with E-state index in [9.17, 15) is 28.9 Å². The van der Waals surface area contributed by atoms with Gasteiger partial charge in [-0.3, -0.25) is 19.7 Å². The van der Waals surface area contributed by atoms with E-state index >= 15 is 0 Å². The number of esters is 1. The third-order valence-corrected chi connectivity index (χ3v) is 4.60. The number of hydrazone groups is 1. The van der Waals surface area contributed by atoms with E-state index in [1.807, 2.05) is 0 Å². The number of nitrogens with zero attached hydrogens (tertiary/aromatic N) is 2. The number of hydrogen-bond acceptors (Lipinski definition) is 8. The predicted octanol–water partition coefficient (Wildman–Crippen LogP) is 2.84. The Balaban J connectivity index is 1.55. The van der Waals surface area contributed by atoms with Gasteiger partial charge in [-0.15, -0.1) is 0 Å². The Hall–Kier alpha value is -5.13. The summed E-state index contributed by atoms with van der Waals surface area (Å²) in [5, 5.41) is 16.9. The maximum atomic E-state index is 13.2. The fraction of sp³-hybridized carbons (Fsp3) is 0.0833. The first-order chi connectivity index (χ1) is 17.3. The highest BCUT2D eigenvalue weighted by Crippen LogP contribution is 2.28. The third kappa shape index (κ3) is 6.93. The maximum absolute atomic E-state index is 13.2.